The number of fused-ring (bicyclic) bond motifs is 3. The number of hydrogen-bond acceptors (Lipinski definition) is 3. The van der Waals surface area contributed by atoms with Gasteiger partial charge in [-0.05, 0) is 33.9 Å². The highest BCUT2D eigenvalue weighted by atomic mass is 35.5. The topological polar surface area (TPSA) is 46.6 Å². The molecule has 1 fully saturated rings. The van der Waals surface area contributed by atoms with Crippen LogP contribution in [0, 0.1) is 0 Å². The minimum Gasteiger partial charge on any atom is -0.448 e. The van der Waals surface area contributed by atoms with Crippen LogP contribution in [0.2, 0.25) is 0 Å². The maximum absolute atomic E-state index is 13.6. The highest BCUT2D eigenvalue weighted by Gasteiger charge is 2.40. The van der Waals surface area contributed by atoms with Crippen LogP contribution in [-0.4, -0.2) is 41.6 Å². The number of amides is 1. The number of alkyl halides is 1. The van der Waals surface area contributed by atoms with Crippen molar-refractivity contribution >= 4 is 22.9 Å². The standard InChI is InChI=1S/C20H17ClFNO3/c21-19(24)18-9-12(22)10-23(18)20(25)26-11-17-15-7-3-1-5-13(15)14-6-2-4-8-16(14)17/h1-8,12,17-18H,9-11H2/t12-,18-/m1/s1. The molecule has 2 aromatic rings. The molecule has 1 amide bonds. The summed E-state index contributed by atoms with van der Waals surface area (Å²) in [5.74, 6) is -0.0831. The Morgan fingerprint density at radius 2 is 1.65 bits per heavy atom. The van der Waals surface area contributed by atoms with Crippen molar-refractivity contribution in [3.05, 3.63) is 59.7 Å². The van der Waals surface area contributed by atoms with Crippen LogP contribution in [0.5, 0.6) is 0 Å². The molecule has 4 rings (SSSR count). The number of halogens is 2. The largest absolute Gasteiger partial charge is 0.448 e. The molecule has 134 valence electrons. The Hall–Kier alpha value is -2.40. The smallest absolute Gasteiger partial charge is 0.410 e. The van der Waals surface area contributed by atoms with Crippen molar-refractivity contribution in [1.29, 1.82) is 0 Å². The van der Waals surface area contributed by atoms with Crippen LogP contribution in [0.25, 0.3) is 11.1 Å². The summed E-state index contributed by atoms with van der Waals surface area (Å²) in [5.41, 5.74) is 4.44. The fraction of sp³-hybridized carbons (Fsp3) is 0.300. The monoisotopic (exact) mass is 373 g/mol. The van der Waals surface area contributed by atoms with Gasteiger partial charge >= 0.3 is 6.09 Å². The van der Waals surface area contributed by atoms with E-state index >= 15 is 0 Å². The molecule has 0 aromatic heterocycles. The van der Waals surface area contributed by atoms with Crippen LogP contribution in [0.3, 0.4) is 0 Å². The van der Waals surface area contributed by atoms with Gasteiger partial charge in [0.05, 0.1) is 6.54 Å². The molecule has 4 nitrogen and oxygen atoms in total. The van der Waals surface area contributed by atoms with Crippen LogP contribution in [0.15, 0.2) is 48.5 Å². The lowest BCUT2D eigenvalue weighted by molar-refractivity contribution is -0.115. The zero-order chi connectivity index (χ0) is 18.3. The minimum atomic E-state index is -1.26. The Kier molecular flexibility index (Phi) is 4.41. The van der Waals surface area contributed by atoms with Crippen LogP contribution >= 0.6 is 11.6 Å². The molecule has 0 saturated carbocycles. The molecule has 1 aliphatic carbocycles. The fourth-order valence-corrected chi connectivity index (χ4v) is 4.09. The Morgan fingerprint density at radius 1 is 1.08 bits per heavy atom. The number of likely N-dealkylation sites (tertiary alicyclic amines) is 1. The van der Waals surface area contributed by atoms with Gasteiger partial charge in [-0.3, -0.25) is 9.69 Å². The third-order valence-corrected chi connectivity index (χ3v) is 5.33. The Bertz CT molecular complexity index is 826. The molecule has 2 aromatic carbocycles. The first kappa shape index (κ1) is 17.0. The summed E-state index contributed by atoms with van der Waals surface area (Å²) < 4.78 is 19.1. The third-order valence-electron chi connectivity index (χ3n) is 5.08. The van der Waals surface area contributed by atoms with Crippen molar-refractivity contribution in [2.75, 3.05) is 13.2 Å². The summed E-state index contributed by atoms with van der Waals surface area (Å²) in [6.45, 7) is -0.0384. The Labute approximate surface area is 155 Å². The lowest BCUT2D eigenvalue weighted by Gasteiger charge is -2.22. The molecular formula is C20H17ClFNO3. The number of hydrogen-bond donors (Lipinski definition) is 0. The van der Waals surface area contributed by atoms with E-state index in [4.69, 9.17) is 16.3 Å². The lowest BCUT2D eigenvalue weighted by atomic mass is 9.98. The summed E-state index contributed by atoms with van der Waals surface area (Å²) >= 11 is 5.49. The summed E-state index contributed by atoms with van der Waals surface area (Å²) in [7, 11) is 0. The quantitative estimate of drug-likeness (QED) is 0.760. The molecule has 26 heavy (non-hydrogen) atoms. The van der Waals surface area contributed by atoms with Gasteiger partial charge < -0.3 is 4.74 Å². The maximum atomic E-state index is 13.6. The van der Waals surface area contributed by atoms with Crippen molar-refractivity contribution < 1.29 is 18.7 Å². The summed E-state index contributed by atoms with van der Waals surface area (Å²) in [6, 6.07) is 15.0. The van der Waals surface area contributed by atoms with Crippen molar-refractivity contribution in [3.8, 4) is 11.1 Å². The van der Waals surface area contributed by atoms with E-state index in [0.717, 1.165) is 27.2 Å². The number of rotatable bonds is 3. The van der Waals surface area contributed by atoms with Crippen molar-refractivity contribution in [2.24, 2.45) is 0 Å². The van der Waals surface area contributed by atoms with Crippen LogP contribution in [-0.2, 0) is 9.53 Å². The third kappa shape index (κ3) is 2.86. The highest BCUT2D eigenvalue weighted by molar-refractivity contribution is 6.64. The van der Waals surface area contributed by atoms with Crippen LogP contribution < -0.4 is 0 Å². The second kappa shape index (κ2) is 6.72. The molecule has 6 heteroatoms. The van der Waals surface area contributed by atoms with E-state index in [1.54, 1.807) is 0 Å². The predicted octanol–water partition coefficient (Wildman–Crippen LogP) is 4.11. The van der Waals surface area contributed by atoms with E-state index in [2.05, 4.69) is 0 Å². The zero-order valence-corrected chi connectivity index (χ0v) is 14.7. The molecule has 2 atom stereocenters. The van der Waals surface area contributed by atoms with Gasteiger partial charge in [0.15, 0.2) is 0 Å². The van der Waals surface area contributed by atoms with E-state index in [9.17, 15) is 14.0 Å². The molecule has 0 unspecified atom stereocenters. The van der Waals surface area contributed by atoms with E-state index in [1.165, 1.54) is 0 Å². The number of carbonyl (C=O) groups excluding carboxylic acids is 2. The number of nitrogens with zero attached hydrogens (tertiary/aromatic N) is 1. The van der Waals surface area contributed by atoms with Gasteiger partial charge in [-0.1, -0.05) is 48.5 Å². The van der Waals surface area contributed by atoms with Crippen LogP contribution in [0.1, 0.15) is 23.5 Å². The van der Waals surface area contributed by atoms with E-state index in [0.29, 0.717) is 0 Å². The molecule has 0 bridgehead atoms. The van der Waals surface area contributed by atoms with E-state index in [1.807, 2.05) is 48.5 Å². The van der Waals surface area contributed by atoms with Gasteiger partial charge in [0.1, 0.15) is 18.8 Å². The molecule has 2 aliphatic rings. The van der Waals surface area contributed by atoms with Crippen molar-refractivity contribution in [1.82, 2.24) is 4.90 Å². The first-order valence-electron chi connectivity index (χ1n) is 8.51. The summed E-state index contributed by atoms with van der Waals surface area (Å²) in [5, 5.41) is -0.737. The Balaban J connectivity index is 1.53. The minimum absolute atomic E-state index is 0.0769. The SMILES string of the molecule is O=C(Cl)[C@H]1C[C@@H](F)CN1C(=O)OCC1c2ccccc2-c2ccccc21. The first-order chi connectivity index (χ1) is 12.6. The van der Waals surface area contributed by atoms with E-state index in [-0.39, 0.29) is 25.5 Å². The molecule has 0 radical (unpaired) electrons. The molecule has 0 spiro atoms. The average Bonchev–Trinajstić information content (AvgIpc) is 3.18. The fourth-order valence-electron chi connectivity index (χ4n) is 3.88. The molecule has 1 saturated heterocycles. The van der Waals surface area contributed by atoms with E-state index < -0.39 is 23.5 Å². The maximum Gasteiger partial charge on any atom is 0.410 e. The number of benzene rings is 2. The average molecular weight is 374 g/mol. The molecule has 1 aliphatic heterocycles. The summed E-state index contributed by atoms with van der Waals surface area (Å²) in [4.78, 5) is 24.9. The van der Waals surface area contributed by atoms with Gasteiger partial charge in [0.25, 0.3) is 0 Å². The van der Waals surface area contributed by atoms with Crippen LogP contribution in [0.4, 0.5) is 9.18 Å². The molecular weight excluding hydrogens is 357 g/mol. The van der Waals surface area contributed by atoms with Crippen molar-refractivity contribution in [2.45, 2.75) is 24.6 Å². The number of ether oxygens (including phenoxy) is 1. The first-order valence-corrected chi connectivity index (χ1v) is 8.89. The lowest BCUT2D eigenvalue weighted by Crippen LogP contribution is -2.39. The van der Waals surface area contributed by atoms with Gasteiger partial charge in [0.2, 0.25) is 5.24 Å². The zero-order valence-electron chi connectivity index (χ0n) is 13.9. The highest BCUT2D eigenvalue weighted by Crippen LogP contribution is 2.44. The molecule has 0 N–H and O–H groups in total. The van der Waals surface area contributed by atoms with Gasteiger partial charge in [-0.25, -0.2) is 9.18 Å². The van der Waals surface area contributed by atoms with Gasteiger partial charge in [-0.2, -0.15) is 0 Å². The number of carbonyl (C=O) groups is 2. The molecule has 1 heterocycles. The Morgan fingerprint density at radius 3 is 2.23 bits per heavy atom. The second-order valence-electron chi connectivity index (χ2n) is 6.61. The summed E-state index contributed by atoms with van der Waals surface area (Å²) in [6.07, 6.45) is -2.04. The normalized spacial score (nSPS) is 21.4. The van der Waals surface area contributed by atoms with Gasteiger partial charge in [0, 0.05) is 12.3 Å². The predicted molar refractivity (Wildman–Crippen MR) is 95.9 cm³/mol. The van der Waals surface area contributed by atoms with Gasteiger partial charge in [-0.15, -0.1) is 0 Å². The second-order valence-corrected chi connectivity index (χ2v) is 6.98. The van der Waals surface area contributed by atoms with Crippen molar-refractivity contribution in [3.63, 3.8) is 0 Å².